The average Bonchev–Trinajstić information content (AvgIpc) is 2.41. The molecule has 0 saturated carbocycles. The van der Waals surface area contributed by atoms with Crippen LogP contribution in [0.3, 0.4) is 0 Å². The molecule has 2 rings (SSSR count). The molecule has 0 unspecified atom stereocenters. The third kappa shape index (κ3) is 3.75. The molecule has 0 heterocycles. The molecule has 21 heavy (non-hydrogen) atoms. The van der Waals surface area contributed by atoms with E-state index >= 15 is 0 Å². The van der Waals surface area contributed by atoms with Crippen molar-refractivity contribution >= 4 is 39.1 Å². The second-order valence-corrected chi connectivity index (χ2v) is 6.55. The van der Waals surface area contributed by atoms with Gasteiger partial charge in [-0.25, -0.2) is 0 Å². The van der Waals surface area contributed by atoms with Gasteiger partial charge in [0.2, 0.25) is 0 Å². The van der Waals surface area contributed by atoms with Gasteiger partial charge in [0.25, 0.3) is 0 Å². The van der Waals surface area contributed by atoms with Crippen molar-refractivity contribution in [2.75, 3.05) is 0 Å². The largest absolute Gasteiger partial charge is 0.379 e. The Labute approximate surface area is 132 Å². The van der Waals surface area contributed by atoms with E-state index in [1.165, 1.54) is 43.3 Å². The van der Waals surface area contributed by atoms with Crippen LogP contribution in [-0.2, 0) is 10.1 Å². The molecule has 7 heteroatoms. The highest BCUT2D eigenvalue weighted by Gasteiger charge is 2.21. The zero-order valence-corrected chi connectivity index (χ0v) is 13.2. The first-order valence-electron chi connectivity index (χ1n) is 5.80. The molecular weight excluding hydrogens is 335 g/mol. The predicted molar refractivity (Wildman–Crippen MR) is 80.7 cm³/mol. The molecule has 0 N–H and O–H groups in total. The van der Waals surface area contributed by atoms with Crippen LogP contribution in [0.4, 0.5) is 0 Å². The molecule has 0 saturated heterocycles. The predicted octanol–water partition coefficient (Wildman–Crippen LogP) is 3.96. The Morgan fingerprint density at radius 2 is 1.81 bits per heavy atom. The van der Waals surface area contributed by atoms with Gasteiger partial charge in [0, 0.05) is 10.6 Å². The maximum absolute atomic E-state index is 12.2. The molecule has 4 nitrogen and oxygen atoms in total. The van der Waals surface area contributed by atoms with Crippen molar-refractivity contribution in [1.82, 2.24) is 0 Å². The van der Waals surface area contributed by atoms with E-state index < -0.39 is 10.1 Å². The van der Waals surface area contributed by atoms with E-state index in [0.717, 1.165) is 0 Å². The summed E-state index contributed by atoms with van der Waals surface area (Å²) in [5.74, 6) is -0.169. The highest BCUT2D eigenvalue weighted by atomic mass is 35.5. The van der Waals surface area contributed by atoms with Crippen LogP contribution in [0.5, 0.6) is 5.75 Å². The van der Waals surface area contributed by atoms with E-state index in [9.17, 15) is 13.2 Å². The van der Waals surface area contributed by atoms with Gasteiger partial charge in [-0.1, -0.05) is 35.3 Å². The fourth-order valence-corrected chi connectivity index (χ4v) is 3.27. The molecule has 110 valence electrons. The minimum atomic E-state index is -4.14. The number of hydrogen-bond donors (Lipinski definition) is 0. The minimum absolute atomic E-state index is 0.00197. The van der Waals surface area contributed by atoms with Crippen LogP contribution in [0.25, 0.3) is 0 Å². The van der Waals surface area contributed by atoms with Gasteiger partial charge in [-0.2, -0.15) is 8.42 Å². The Morgan fingerprint density at radius 3 is 2.48 bits per heavy atom. The lowest BCUT2D eigenvalue weighted by Crippen LogP contribution is -2.10. The lowest BCUT2D eigenvalue weighted by molar-refractivity contribution is 0.101. The van der Waals surface area contributed by atoms with Crippen molar-refractivity contribution in [3.05, 3.63) is 58.1 Å². The van der Waals surface area contributed by atoms with Crippen molar-refractivity contribution in [3.63, 3.8) is 0 Å². The SMILES string of the molecule is CC(=O)c1cccc(OS(=O)(=O)c2cc(Cl)ccc2Cl)c1. The summed E-state index contributed by atoms with van der Waals surface area (Å²) in [6, 6.07) is 9.91. The molecule has 0 atom stereocenters. The summed E-state index contributed by atoms with van der Waals surface area (Å²) in [5.41, 5.74) is 0.347. The summed E-state index contributed by atoms with van der Waals surface area (Å²) < 4.78 is 29.4. The number of carbonyl (C=O) groups is 1. The Kier molecular flexibility index (Phi) is 4.56. The van der Waals surface area contributed by atoms with Crippen LogP contribution in [0.2, 0.25) is 10.0 Å². The molecule has 0 aromatic heterocycles. The summed E-state index contributed by atoms with van der Waals surface area (Å²) in [4.78, 5) is 11.1. The number of benzene rings is 2. The second-order valence-electron chi connectivity index (χ2n) is 4.20. The molecule has 0 bridgehead atoms. The molecule has 0 radical (unpaired) electrons. The van der Waals surface area contributed by atoms with Gasteiger partial charge in [0.05, 0.1) is 5.02 Å². The van der Waals surface area contributed by atoms with Crippen LogP contribution in [-0.4, -0.2) is 14.2 Å². The Bertz CT molecular complexity index is 800. The topological polar surface area (TPSA) is 60.4 Å². The number of hydrogen-bond acceptors (Lipinski definition) is 4. The second kappa shape index (κ2) is 6.05. The third-order valence-corrected chi connectivity index (χ3v) is 4.57. The first-order valence-corrected chi connectivity index (χ1v) is 7.96. The highest BCUT2D eigenvalue weighted by molar-refractivity contribution is 7.87. The quantitative estimate of drug-likeness (QED) is 0.622. The third-order valence-electron chi connectivity index (χ3n) is 2.61. The average molecular weight is 345 g/mol. The first-order chi connectivity index (χ1) is 9.79. The first kappa shape index (κ1) is 15.8. The van der Waals surface area contributed by atoms with Gasteiger partial charge < -0.3 is 4.18 Å². The standard InChI is InChI=1S/C14H10Cl2O4S/c1-9(17)10-3-2-4-12(7-10)20-21(18,19)14-8-11(15)5-6-13(14)16/h2-8H,1H3. The van der Waals surface area contributed by atoms with Crippen LogP contribution in [0.1, 0.15) is 17.3 Å². The zero-order valence-electron chi connectivity index (χ0n) is 10.8. The molecule has 0 amide bonds. The summed E-state index contributed by atoms with van der Waals surface area (Å²) in [7, 11) is -4.14. The van der Waals surface area contributed by atoms with Crippen molar-refractivity contribution in [2.45, 2.75) is 11.8 Å². The van der Waals surface area contributed by atoms with E-state index in [2.05, 4.69) is 0 Å². The maximum atomic E-state index is 12.2. The van der Waals surface area contributed by atoms with Gasteiger partial charge >= 0.3 is 10.1 Å². The molecule has 0 aliphatic carbocycles. The smallest absolute Gasteiger partial charge is 0.340 e. The minimum Gasteiger partial charge on any atom is -0.379 e. The Morgan fingerprint density at radius 1 is 1.10 bits per heavy atom. The summed E-state index contributed by atoms with van der Waals surface area (Å²) >= 11 is 11.6. The van der Waals surface area contributed by atoms with E-state index in [-0.39, 0.29) is 26.5 Å². The molecule has 0 fully saturated rings. The molecular formula is C14H10Cl2O4S. The fourth-order valence-electron chi connectivity index (χ4n) is 1.61. The van der Waals surface area contributed by atoms with E-state index in [4.69, 9.17) is 27.4 Å². The van der Waals surface area contributed by atoms with E-state index in [0.29, 0.717) is 5.56 Å². The zero-order chi connectivity index (χ0) is 15.6. The van der Waals surface area contributed by atoms with Gasteiger partial charge in [-0.15, -0.1) is 0 Å². The normalized spacial score (nSPS) is 11.2. The monoisotopic (exact) mass is 344 g/mol. The van der Waals surface area contributed by atoms with Crippen LogP contribution in [0.15, 0.2) is 47.4 Å². The molecule has 0 spiro atoms. The van der Waals surface area contributed by atoms with Crippen LogP contribution < -0.4 is 4.18 Å². The number of Topliss-reactive ketones (excluding diaryl/α,β-unsaturated/α-hetero) is 1. The Balaban J connectivity index is 2.40. The van der Waals surface area contributed by atoms with E-state index in [1.54, 1.807) is 6.07 Å². The highest BCUT2D eigenvalue weighted by Crippen LogP contribution is 2.28. The summed E-state index contributed by atoms with van der Waals surface area (Å²) in [6.07, 6.45) is 0. The van der Waals surface area contributed by atoms with Gasteiger partial charge in [-0.05, 0) is 37.3 Å². The fraction of sp³-hybridized carbons (Fsp3) is 0.0714. The van der Waals surface area contributed by atoms with Crippen LogP contribution in [0, 0.1) is 0 Å². The van der Waals surface area contributed by atoms with Crippen molar-refractivity contribution in [1.29, 1.82) is 0 Å². The summed E-state index contributed by atoms with van der Waals surface area (Å²) in [5, 5.41) is 0.223. The van der Waals surface area contributed by atoms with E-state index in [1.807, 2.05) is 0 Å². The van der Waals surface area contributed by atoms with Crippen molar-refractivity contribution in [2.24, 2.45) is 0 Å². The molecule has 2 aromatic carbocycles. The lowest BCUT2D eigenvalue weighted by Gasteiger charge is -2.09. The van der Waals surface area contributed by atoms with Gasteiger partial charge in [0.15, 0.2) is 5.78 Å². The number of ketones is 1. The number of halogens is 2. The number of rotatable bonds is 4. The molecule has 0 aliphatic heterocycles. The maximum Gasteiger partial charge on any atom is 0.340 e. The summed E-state index contributed by atoms with van der Waals surface area (Å²) in [6.45, 7) is 1.38. The van der Waals surface area contributed by atoms with Crippen LogP contribution >= 0.6 is 23.2 Å². The Hall–Kier alpha value is -1.56. The van der Waals surface area contributed by atoms with Gasteiger partial charge in [0.1, 0.15) is 10.6 Å². The van der Waals surface area contributed by atoms with Crippen molar-refractivity contribution < 1.29 is 17.4 Å². The van der Waals surface area contributed by atoms with Crippen molar-refractivity contribution in [3.8, 4) is 5.75 Å². The van der Waals surface area contributed by atoms with Gasteiger partial charge in [-0.3, -0.25) is 4.79 Å². The lowest BCUT2D eigenvalue weighted by atomic mass is 10.1. The molecule has 2 aromatic rings. The molecule has 0 aliphatic rings. The number of carbonyl (C=O) groups excluding carboxylic acids is 1.